The molecule has 7 heteroatoms. The van der Waals surface area contributed by atoms with Crippen LogP contribution in [0.2, 0.25) is 5.02 Å². The van der Waals surface area contributed by atoms with Gasteiger partial charge in [0.05, 0.1) is 13.0 Å². The highest BCUT2D eigenvalue weighted by molar-refractivity contribution is 6.31. The lowest BCUT2D eigenvalue weighted by Gasteiger charge is -2.33. The van der Waals surface area contributed by atoms with Crippen molar-refractivity contribution >= 4 is 23.5 Å². The topological polar surface area (TPSA) is 53.9 Å². The number of carbonyl (C=O) groups excluding carboxylic acids is 1. The van der Waals surface area contributed by atoms with E-state index in [-0.39, 0.29) is 17.7 Å². The maximum atomic E-state index is 13.1. The molecule has 1 aliphatic rings. The Morgan fingerprint density at radius 3 is 2.75 bits per heavy atom. The monoisotopic (exact) mass is 355 g/mol. The molecule has 132 valence electrons. The molecular formula is C17H23ClFN3O2. The molecule has 0 radical (unpaired) electrons. The van der Waals surface area contributed by atoms with Gasteiger partial charge in [0.15, 0.2) is 5.96 Å². The van der Waals surface area contributed by atoms with Crippen molar-refractivity contribution in [2.75, 3.05) is 33.8 Å². The van der Waals surface area contributed by atoms with Gasteiger partial charge in [0.2, 0.25) is 0 Å². The minimum Gasteiger partial charge on any atom is -0.469 e. The van der Waals surface area contributed by atoms with Crippen LogP contribution in [0.5, 0.6) is 0 Å². The molecule has 0 unspecified atom stereocenters. The number of guanidine groups is 1. The van der Waals surface area contributed by atoms with Crippen LogP contribution in [-0.4, -0.2) is 50.6 Å². The number of nitrogens with zero attached hydrogens (tertiary/aromatic N) is 2. The molecule has 1 heterocycles. The normalized spacial score (nSPS) is 16.2. The van der Waals surface area contributed by atoms with Gasteiger partial charge >= 0.3 is 5.97 Å². The fraction of sp³-hybridized carbons (Fsp3) is 0.529. The number of piperidine rings is 1. The SMILES string of the molecule is CN=C(NCCc1ccc(F)cc1Cl)N1CCC(C(=O)OC)CC1. The van der Waals surface area contributed by atoms with E-state index >= 15 is 0 Å². The first kappa shape index (κ1) is 18.5. The Hall–Kier alpha value is -1.82. The zero-order chi connectivity index (χ0) is 17.5. The van der Waals surface area contributed by atoms with Gasteiger partial charge in [0, 0.05) is 31.7 Å². The number of methoxy groups -OCH3 is 1. The second-order valence-electron chi connectivity index (χ2n) is 5.74. The first-order valence-electron chi connectivity index (χ1n) is 8.02. The van der Waals surface area contributed by atoms with Crippen molar-refractivity contribution in [3.05, 3.63) is 34.6 Å². The molecule has 1 fully saturated rings. The molecule has 1 aromatic carbocycles. The maximum absolute atomic E-state index is 13.1. The number of halogens is 2. The van der Waals surface area contributed by atoms with Gasteiger partial charge in [-0.15, -0.1) is 0 Å². The summed E-state index contributed by atoms with van der Waals surface area (Å²) in [5.74, 6) is 0.309. The number of carbonyl (C=O) groups is 1. The van der Waals surface area contributed by atoms with Crippen LogP contribution in [0.15, 0.2) is 23.2 Å². The third kappa shape index (κ3) is 4.84. The predicted molar refractivity (Wildman–Crippen MR) is 92.8 cm³/mol. The molecule has 0 aromatic heterocycles. The summed E-state index contributed by atoms with van der Waals surface area (Å²) in [4.78, 5) is 18.0. The van der Waals surface area contributed by atoms with Crippen LogP contribution in [0.4, 0.5) is 4.39 Å². The van der Waals surface area contributed by atoms with E-state index in [2.05, 4.69) is 15.2 Å². The quantitative estimate of drug-likeness (QED) is 0.512. The Bertz CT molecular complexity index is 601. The van der Waals surface area contributed by atoms with Crippen LogP contribution >= 0.6 is 11.6 Å². The van der Waals surface area contributed by atoms with Gasteiger partial charge in [-0.05, 0) is 37.0 Å². The van der Waals surface area contributed by atoms with Crippen molar-refractivity contribution in [1.29, 1.82) is 0 Å². The number of nitrogens with one attached hydrogen (secondary N) is 1. The van der Waals surface area contributed by atoms with E-state index in [1.165, 1.54) is 19.2 Å². The fourth-order valence-electron chi connectivity index (χ4n) is 2.86. The third-order valence-corrected chi connectivity index (χ3v) is 4.59. The second kappa shape index (κ2) is 8.87. The van der Waals surface area contributed by atoms with Gasteiger partial charge in [0.25, 0.3) is 0 Å². The van der Waals surface area contributed by atoms with Crippen LogP contribution in [-0.2, 0) is 16.0 Å². The van der Waals surface area contributed by atoms with Gasteiger partial charge in [-0.3, -0.25) is 9.79 Å². The number of aliphatic imine (C=N–C) groups is 1. The van der Waals surface area contributed by atoms with Gasteiger partial charge in [0.1, 0.15) is 5.82 Å². The Morgan fingerprint density at radius 2 is 2.17 bits per heavy atom. The van der Waals surface area contributed by atoms with Crippen molar-refractivity contribution < 1.29 is 13.9 Å². The summed E-state index contributed by atoms with van der Waals surface area (Å²) in [6.45, 7) is 2.17. The Morgan fingerprint density at radius 1 is 1.46 bits per heavy atom. The first-order valence-corrected chi connectivity index (χ1v) is 8.40. The predicted octanol–water partition coefficient (Wildman–Crippen LogP) is 2.48. The second-order valence-corrected chi connectivity index (χ2v) is 6.15. The highest BCUT2D eigenvalue weighted by atomic mass is 35.5. The zero-order valence-corrected chi connectivity index (χ0v) is 14.8. The number of rotatable bonds is 4. The summed E-state index contributed by atoms with van der Waals surface area (Å²) < 4.78 is 17.9. The Labute approximate surface area is 146 Å². The lowest BCUT2D eigenvalue weighted by atomic mass is 9.97. The summed E-state index contributed by atoms with van der Waals surface area (Å²) in [7, 11) is 3.16. The lowest BCUT2D eigenvalue weighted by Crippen LogP contribution is -2.47. The van der Waals surface area contributed by atoms with Crippen LogP contribution in [0.25, 0.3) is 0 Å². The first-order chi connectivity index (χ1) is 11.5. The van der Waals surface area contributed by atoms with Crippen LogP contribution in [0.3, 0.4) is 0 Å². The number of hydrogen-bond acceptors (Lipinski definition) is 3. The van der Waals surface area contributed by atoms with Crippen LogP contribution in [0.1, 0.15) is 18.4 Å². The minimum atomic E-state index is -0.332. The molecule has 0 saturated carbocycles. The van der Waals surface area contributed by atoms with Crippen LogP contribution in [0, 0.1) is 11.7 Å². The van der Waals surface area contributed by atoms with Crippen molar-refractivity contribution in [1.82, 2.24) is 10.2 Å². The van der Waals surface area contributed by atoms with Crippen molar-refractivity contribution in [3.8, 4) is 0 Å². The molecule has 1 aromatic rings. The van der Waals surface area contributed by atoms with Gasteiger partial charge in [-0.2, -0.15) is 0 Å². The van der Waals surface area contributed by atoms with E-state index in [4.69, 9.17) is 16.3 Å². The van der Waals surface area contributed by atoms with Gasteiger partial charge in [-0.1, -0.05) is 17.7 Å². The van der Waals surface area contributed by atoms with E-state index in [1.807, 2.05) is 0 Å². The smallest absolute Gasteiger partial charge is 0.308 e. The molecule has 5 nitrogen and oxygen atoms in total. The van der Waals surface area contributed by atoms with E-state index < -0.39 is 0 Å². The number of likely N-dealkylation sites (tertiary alicyclic amines) is 1. The van der Waals surface area contributed by atoms with E-state index in [0.717, 1.165) is 37.5 Å². The summed E-state index contributed by atoms with van der Waals surface area (Å²) >= 11 is 6.03. The Kier molecular flexibility index (Phi) is 6.85. The van der Waals surface area contributed by atoms with Gasteiger partial charge < -0.3 is 15.0 Å². The third-order valence-electron chi connectivity index (χ3n) is 4.23. The van der Waals surface area contributed by atoms with Crippen LogP contribution < -0.4 is 5.32 Å². The van der Waals surface area contributed by atoms with Crippen molar-refractivity contribution in [3.63, 3.8) is 0 Å². The molecule has 1 N–H and O–H groups in total. The highest BCUT2D eigenvalue weighted by Gasteiger charge is 2.26. The van der Waals surface area contributed by atoms with E-state index in [1.54, 1.807) is 13.1 Å². The standard InChI is InChI=1S/C17H23ClFN3O2/c1-20-17(22-9-6-13(7-10-22)16(23)24-2)21-8-5-12-3-4-14(19)11-15(12)18/h3-4,11,13H,5-10H2,1-2H3,(H,20,21). The minimum absolute atomic E-state index is 0.0256. The van der Waals surface area contributed by atoms with Gasteiger partial charge in [-0.25, -0.2) is 4.39 Å². The fourth-order valence-corrected chi connectivity index (χ4v) is 3.12. The Balaban J connectivity index is 1.82. The van der Waals surface area contributed by atoms with E-state index in [9.17, 15) is 9.18 Å². The summed E-state index contributed by atoms with van der Waals surface area (Å²) in [6, 6.07) is 4.43. The largest absolute Gasteiger partial charge is 0.469 e. The molecule has 24 heavy (non-hydrogen) atoms. The molecule has 1 saturated heterocycles. The van der Waals surface area contributed by atoms with Crippen molar-refractivity contribution in [2.45, 2.75) is 19.3 Å². The molecule has 0 atom stereocenters. The molecule has 2 rings (SSSR count). The number of esters is 1. The molecule has 0 spiro atoms. The summed E-state index contributed by atoms with van der Waals surface area (Å²) in [5.41, 5.74) is 0.894. The number of hydrogen-bond donors (Lipinski definition) is 1. The molecular weight excluding hydrogens is 333 g/mol. The molecule has 0 bridgehead atoms. The maximum Gasteiger partial charge on any atom is 0.308 e. The molecule has 1 aliphatic heterocycles. The number of ether oxygens (including phenoxy) is 1. The average molecular weight is 356 g/mol. The molecule has 0 aliphatic carbocycles. The highest BCUT2D eigenvalue weighted by Crippen LogP contribution is 2.19. The average Bonchev–Trinajstić information content (AvgIpc) is 2.60. The van der Waals surface area contributed by atoms with E-state index in [0.29, 0.717) is 18.0 Å². The number of benzene rings is 1. The molecule has 0 amide bonds. The zero-order valence-electron chi connectivity index (χ0n) is 14.0. The summed E-state index contributed by atoms with van der Waals surface area (Å²) in [5, 5.41) is 3.73. The van der Waals surface area contributed by atoms with Crippen molar-refractivity contribution in [2.24, 2.45) is 10.9 Å². The summed E-state index contributed by atoms with van der Waals surface area (Å²) in [6.07, 6.45) is 2.20. The lowest BCUT2D eigenvalue weighted by molar-refractivity contribution is -0.146.